The van der Waals surface area contributed by atoms with E-state index in [0.717, 1.165) is 13.1 Å². The Morgan fingerprint density at radius 2 is 1.67 bits per heavy atom. The van der Waals surface area contributed by atoms with Crippen molar-refractivity contribution < 1.29 is 0 Å². The molecule has 1 nitrogen and oxygen atoms in total. The van der Waals surface area contributed by atoms with E-state index in [1.165, 1.54) is 16.7 Å². The summed E-state index contributed by atoms with van der Waals surface area (Å²) in [6.07, 6.45) is 4.09. The molecule has 2 aromatic carbocycles. The number of benzene rings is 2. The molecule has 0 aliphatic rings. The first-order valence-electron chi connectivity index (χ1n) is 8.45. The number of rotatable bonds is 5. The number of likely N-dealkylation sites (N-methyl/N-ethyl adjacent to an activating group) is 1. The van der Waals surface area contributed by atoms with Gasteiger partial charge in [0.2, 0.25) is 0 Å². The smallest absolute Gasteiger partial charge is 0.0234 e. The minimum atomic E-state index is 0.0636. The summed E-state index contributed by atoms with van der Waals surface area (Å²) in [6, 6.07) is 19.3. The summed E-state index contributed by atoms with van der Waals surface area (Å²) in [4.78, 5) is 2.29. The number of nitrogens with zero attached hydrogens (tertiary/aromatic N) is 1. The molecule has 0 saturated heterocycles. The maximum Gasteiger partial charge on any atom is 0.0234 e. The lowest BCUT2D eigenvalue weighted by Crippen LogP contribution is -2.17. The summed E-state index contributed by atoms with van der Waals surface area (Å²) < 4.78 is 0. The molecule has 0 unspecified atom stereocenters. The van der Waals surface area contributed by atoms with Gasteiger partial charge in [0.05, 0.1) is 0 Å². The van der Waals surface area contributed by atoms with Crippen molar-refractivity contribution >= 4 is 0 Å². The van der Waals surface area contributed by atoms with Crippen LogP contribution in [0.25, 0.3) is 11.1 Å². The van der Waals surface area contributed by atoms with Gasteiger partial charge in [0.15, 0.2) is 0 Å². The van der Waals surface area contributed by atoms with Crippen LogP contribution in [-0.2, 0) is 6.54 Å². The van der Waals surface area contributed by atoms with E-state index in [1.54, 1.807) is 0 Å². The summed E-state index contributed by atoms with van der Waals surface area (Å²) in [5, 5.41) is 0. The highest BCUT2D eigenvalue weighted by atomic mass is 15.1. The molecule has 1 heteroatoms. The average molecular weight is 317 g/mol. The van der Waals surface area contributed by atoms with E-state index < -0.39 is 0 Å². The van der Waals surface area contributed by atoms with Crippen LogP contribution in [0.2, 0.25) is 0 Å². The fraction of sp³-hybridized carbons (Fsp3) is 0.304. The summed E-state index contributed by atoms with van der Waals surface area (Å²) in [7, 11) is 2.14. The fourth-order valence-corrected chi connectivity index (χ4v) is 2.41. The van der Waals surface area contributed by atoms with Crippen LogP contribution in [0.1, 0.15) is 26.3 Å². The molecule has 124 valence electrons. The topological polar surface area (TPSA) is 3.24 Å². The second kappa shape index (κ2) is 8.52. The second-order valence-corrected chi connectivity index (χ2v) is 7.18. The van der Waals surface area contributed by atoms with Gasteiger partial charge in [-0.15, -0.1) is 0 Å². The summed E-state index contributed by atoms with van der Waals surface area (Å²) in [5.41, 5.74) is 3.93. The van der Waals surface area contributed by atoms with E-state index in [1.807, 2.05) is 6.08 Å². The zero-order valence-corrected chi connectivity index (χ0v) is 15.2. The monoisotopic (exact) mass is 317 g/mol. The van der Waals surface area contributed by atoms with Gasteiger partial charge in [0, 0.05) is 18.5 Å². The Morgan fingerprint density at radius 1 is 0.958 bits per heavy atom. The Kier molecular flexibility index (Phi) is 6.41. The van der Waals surface area contributed by atoms with E-state index in [4.69, 9.17) is 0 Å². The molecule has 0 fully saturated rings. The quantitative estimate of drug-likeness (QED) is 0.668. The third kappa shape index (κ3) is 6.44. The predicted molar refractivity (Wildman–Crippen MR) is 105 cm³/mol. The van der Waals surface area contributed by atoms with Gasteiger partial charge in [-0.3, -0.25) is 4.90 Å². The van der Waals surface area contributed by atoms with E-state index in [9.17, 15) is 0 Å². The van der Waals surface area contributed by atoms with Crippen molar-refractivity contribution in [3.63, 3.8) is 0 Å². The van der Waals surface area contributed by atoms with Crippen LogP contribution < -0.4 is 0 Å². The molecule has 0 atom stereocenters. The van der Waals surface area contributed by atoms with Gasteiger partial charge in [0.25, 0.3) is 0 Å². The largest absolute Gasteiger partial charge is 0.298 e. The summed E-state index contributed by atoms with van der Waals surface area (Å²) in [6.45, 7) is 8.20. The van der Waals surface area contributed by atoms with Gasteiger partial charge < -0.3 is 0 Å². The molecule has 0 spiro atoms. The zero-order valence-electron chi connectivity index (χ0n) is 15.2. The molecular formula is C23H27N. The molecule has 2 aromatic rings. The van der Waals surface area contributed by atoms with Gasteiger partial charge in [-0.2, -0.15) is 0 Å². The van der Waals surface area contributed by atoms with Crippen LogP contribution in [0.4, 0.5) is 0 Å². The van der Waals surface area contributed by atoms with Gasteiger partial charge >= 0.3 is 0 Å². The lowest BCUT2D eigenvalue weighted by molar-refractivity contribution is 0.363. The molecular weight excluding hydrogens is 290 g/mol. The van der Waals surface area contributed by atoms with Crippen molar-refractivity contribution in [1.29, 1.82) is 0 Å². The third-order valence-corrected chi connectivity index (χ3v) is 3.55. The molecule has 0 aliphatic heterocycles. The standard InChI is InChI=1S/C23H27N/c1-23(2,3)16-9-6-10-17-24(4)19-20-12-11-15-22(18-20)21-13-7-5-8-14-21/h5-8,10-15,18H,17,19H2,1-4H3. The van der Waals surface area contributed by atoms with Crippen molar-refractivity contribution in [1.82, 2.24) is 4.90 Å². The summed E-state index contributed by atoms with van der Waals surface area (Å²) in [5.74, 6) is 6.33. The minimum absolute atomic E-state index is 0.0636. The molecule has 0 N–H and O–H groups in total. The van der Waals surface area contributed by atoms with E-state index in [0.29, 0.717) is 0 Å². The number of hydrogen-bond donors (Lipinski definition) is 0. The van der Waals surface area contributed by atoms with Gasteiger partial charge in [0.1, 0.15) is 0 Å². The van der Waals surface area contributed by atoms with Crippen LogP contribution >= 0.6 is 0 Å². The van der Waals surface area contributed by atoms with Crippen LogP contribution in [0, 0.1) is 17.3 Å². The number of hydrogen-bond acceptors (Lipinski definition) is 1. The fourth-order valence-electron chi connectivity index (χ4n) is 2.41. The Morgan fingerprint density at radius 3 is 2.38 bits per heavy atom. The van der Waals surface area contributed by atoms with E-state index >= 15 is 0 Å². The van der Waals surface area contributed by atoms with Crippen LogP contribution in [-0.4, -0.2) is 18.5 Å². The van der Waals surface area contributed by atoms with Gasteiger partial charge in [-0.25, -0.2) is 0 Å². The lowest BCUT2D eigenvalue weighted by atomic mass is 9.98. The molecule has 0 bridgehead atoms. The normalized spacial score (nSPS) is 11.5. The van der Waals surface area contributed by atoms with Crippen LogP contribution in [0.3, 0.4) is 0 Å². The highest BCUT2D eigenvalue weighted by Gasteiger charge is 2.03. The second-order valence-electron chi connectivity index (χ2n) is 7.18. The van der Waals surface area contributed by atoms with E-state index in [-0.39, 0.29) is 5.41 Å². The first-order chi connectivity index (χ1) is 11.4. The van der Waals surface area contributed by atoms with Crippen LogP contribution in [0.5, 0.6) is 0 Å². The highest BCUT2D eigenvalue weighted by Crippen LogP contribution is 2.20. The molecule has 0 heterocycles. The summed E-state index contributed by atoms with van der Waals surface area (Å²) >= 11 is 0. The average Bonchev–Trinajstić information content (AvgIpc) is 2.54. The van der Waals surface area contributed by atoms with Crippen molar-refractivity contribution in [2.45, 2.75) is 27.3 Å². The Labute approximate surface area is 147 Å². The molecule has 2 rings (SSSR count). The van der Waals surface area contributed by atoms with Crippen molar-refractivity contribution in [3.8, 4) is 23.0 Å². The van der Waals surface area contributed by atoms with Gasteiger partial charge in [-0.05, 0) is 56.7 Å². The predicted octanol–water partition coefficient (Wildman–Crippen LogP) is 5.39. The molecule has 0 saturated carbocycles. The molecule has 0 aliphatic carbocycles. The minimum Gasteiger partial charge on any atom is -0.298 e. The molecule has 0 radical (unpaired) electrons. The Bertz CT molecular complexity index is 724. The molecule has 24 heavy (non-hydrogen) atoms. The number of allylic oxidation sites excluding steroid dienone is 1. The van der Waals surface area contributed by atoms with Crippen molar-refractivity contribution in [2.75, 3.05) is 13.6 Å². The van der Waals surface area contributed by atoms with Crippen molar-refractivity contribution in [3.05, 3.63) is 72.3 Å². The zero-order chi connectivity index (χ0) is 17.4. The SMILES string of the molecule is CN(CC=CC#CC(C)(C)C)Cc1cccc(-c2ccccc2)c1. The maximum atomic E-state index is 3.22. The lowest BCUT2D eigenvalue weighted by Gasteiger charge is -2.15. The Balaban J connectivity index is 1.93. The molecule has 0 amide bonds. The van der Waals surface area contributed by atoms with Gasteiger partial charge in [-0.1, -0.05) is 66.4 Å². The van der Waals surface area contributed by atoms with E-state index in [2.05, 4.69) is 105 Å². The first-order valence-corrected chi connectivity index (χ1v) is 8.45. The third-order valence-electron chi connectivity index (χ3n) is 3.55. The maximum absolute atomic E-state index is 3.22. The highest BCUT2D eigenvalue weighted by molar-refractivity contribution is 5.63. The first kappa shape index (κ1) is 18.0. The van der Waals surface area contributed by atoms with Crippen LogP contribution in [0.15, 0.2) is 66.7 Å². The van der Waals surface area contributed by atoms with Crippen molar-refractivity contribution in [2.24, 2.45) is 5.41 Å². The molecule has 0 aromatic heterocycles. The Hall–Kier alpha value is -2.30.